The molecule has 88 valence electrons. The summed E-state index contributed by atoms with van der Waals surface area (Å²) in [6.45, 7) is 4.27. The van der Waals surface area contributed by atoms with Crippen molar-refractivity contribution in [2.75, 3.05) is 0 Å². The van der Waals surface area contributed by atoms with Crippen LogP contribution in [0.25, 0.3) is 0 Å². The van der Waals surface area contributed by atoms with Crippen LogP contribution in [0.3, 0.4) is 0 Å². The van der Waals surface area contributed by atoms with Crippen molar-refractivity contribution >= 4 is 0 Å². The van der Waals surface area contributed by atoms with Crippen molar-refractivity contribution in [3.63, 3.8) is 0 Å². The van der Waals surface area contributed by atoms with Gasteiger partial charge < -0.3 is 5.73 Å². The van der Waals surface area contributed by atoms with Gasteiger partial charge in [-0.25, -0.2) is 0 Å². The molecule has 0 aliphatic heterocycles. The fourth-order valence-electron chi connectivity index (χ4n) is 1.61. The van der Waals surface area contributed by atoms with Gasteiger partial charge in [0.1, 0.15) is 0 Å². The predicted molar refractivity (Wildman–Crippen MR) is 67.0 cm³/mol. The smallest absolute Gasteiger partial charge is 0.0780 e. The lowest BCUT2D eigenvalue weighted by atomic mass is 10.1. The minimum absolute atomic E-state index is 0.0142. The van der Waals surface area contributed by atoms with Crippen molar-refractivity contribution in [1.29, 1.82) is 0 Å². The molecule has 16 heavy (non-hydrogen) atoms. The van der Waals surface area contributed by atoms with Crippen molar-refractivity contribution in [3.8, 4) is 11.8 Å². The fourth-order valence-corrected chi connectivity index (χ4v) is 1.61. The number of nitrogens with zero attached hydrogens (tertiary/aromatic N) is 2. The summed E-state index contributed by atoms with van der Waals surface area (Å²) in [5.74, 6) is 6.23. The van der Waals surface area contributed by atoms with E-state index in [4.69, 9.17) is 5.73 Å². The molecule has 2 N–H and O–H groups in total. The van der Waals surface area contributed by atoms with Crippen LogP contribution in [-0.4, -0.2) is 15.8 Å². The first-order valence-corrected chi connectivity index (χ1v) is 5.97. The molecule has 0 amide bonds. The van der Waals surface area contributed by atoms with Gasteiger partial charge in [-0.2, -0.15) is 5.10 Å². The molecule has 3 nitrogen and oxygen atoms in total. The van der Waals surface area contributed by atoms with Gasteiger partial charge >= 0.3 is 0 Å². The maximum absolute atomic E-state index is 5.86. The van der Waals surface area contributed by atoms with E-state index < -0.39 is 0 Å². The van der Waals surface area contributed by atoms with Crippen molar-refractivity contribution in [3.05, 3.63) is 17.5 Å². The van der Waals surface area contributed by atoms with Crippen molar-refractivity contribution < 1.29 is 0 Å². The molecule has 0 aromatic carbocycles. The third kappa shape index (κ3) is 3.71. The standard InChI is InChI=1S/C13H21N3/c1-4-6-12(14)9-8-11-10-16(3)15-13(11)7-5-2/h10,12H,4-7,14H2,1-3H3. The Kier molecular flexibility index (Phi) is 5.07. The van der Waals surface area contributed by atoms with Crippen molar-refractivity contribution in [2.45, 2.75) is 45.6 Å². The maximum atomic E-state index is 5.86. The highest BCUT2D eigenvalue weighted by Gasteiger charge is 2.04. The number of hydrogen-bond acceptors (Lipinski definition) is 2. The molecule has 3 heteroatoms. The van der Waals surface area contributed by atoms with Crippen LogP contribution in [0.2, 0.25) is 0 Å². The molecule has 0 bridgehead atoms. The molecular weight excluding hydrogens is 198 g/mol. The number of hydrogen-bond donors (Lipinski definition) is 1. The molecular formula is C13H21N3. The van der Waals surface area contributed by atoms with Crippen LogP contribution in [0.4, 0.5) is 0 Å². The zero-order valence-electron chi connectivity index (χ0n) is 10.5. The lowest BCUT2D eigenvalue weighted by Gasteiger charge is -1.98. The Hall–Kier alpha value is -1.27. The van der Waals surface area contributed by atoms with E-state index in [1.54, 1.807) is 0 Å². The van der Waals surface area contributed by atoms with E-state index in [9.17, 15) is 0 Å². The van der Waals surface area contributed by atoms with Crippen LogP contribution in [0.15, 0.2) is 6.20 Å². The van der Waals surface area contributed by atoms with Crippen LogP contribution < -0.4 is 5.73 Å². The Morgan fingerprint density at radius 3 is 2.81 bits per heavy atom. The number of aromatic nitrogens is 2. The zero-order chi connectivity index (χ0) is 12.0. The summed E-state index contributed by atoms with van der Waals surface area (Å²) in [5.41, 5.74) is 7.97. The fraction of sp³-hybridized carbons (Fsp3) is 0.615. The molecule has 0 fully saturated rings. The van der Waals surface area contributed by atoms with E-state index in [1.807, 2.05) is 17.9 Å². The Bertz CT molecular complexity index is 382. The minimum Gasteiger partial charge on any atom is -0.318 e. The molecule has 0 spiro atoms. The minimum atomic E-state index is -0.0142. The van der Waals surface area contributed by atoms with E-state index in [0.29, 0.717) is 0 Å². The zero-order valence-corrected chi connectivity index (χ0v) is 10.5. The molecule has 1 aromatic heterocycles. The summed E-state index contributed by atoms with van der Waals surface area (Å²) >= 11 is 0. The van der Waals surface area contributed by atoms with Crippen LogP contribution in [0, 0.1) is 11.8 Å². The van der Waals surface area contributed by atoms with Gasteiger partial charge in [0.15, 0.2) is 0 Å². The molecule has 0 saturated heterocycles. The Labute approximate surface area is 98.0 Å². The second-order valence-corrected chi connectivity index (χ2v) is 4.08. The van der Waals surface area contributed by atoms with Crippen LogP contribution >= 0.6 is 0 Å². The lowest BCUT2D eigenvalue weighted by molar-refractivity contribution is 0.720. The molecule has 1 heterocycles. The number of nitrogens with two attached hydrogens (primary N) is 1. The van der Waals surface area contributed by atoms with Gasteiger partial charge in [-0.15, -0.1) is 0 Å². The normalized spacial score (nSPS) is 12.0. The maximum Gasteiger partial charge on any atom is 0.0780 e. The number of rotatable bonds is 4. The summed E-state index contributed by atoms with van der Waals surface area (Å²) in [6, 6.07) is -0.0142. The molecule has 1 atom stereocenters. The highest BCUT2D eigenvalue weighted by atomic mass is 15.2. The van der Waals surface area contributed by atoms with Gasteiger partial charge in [0, 0.05) is 13.2 Å². The van der Waals surface area contributed by atoms with Crippen LogP contribution in [0.1, 0.15) is 44.4 Å². The van der Waals surface area contributed by atoms with Gasteiger partial charge in [0.05, 0.1) is 17.3 Å². The van der Waals surface area contributed by atoms with E-state index >= 15 is 0 Å². The van der Waals surface area contributed by atoms with Gasteiger partial charge in [-0.05, 0) is 12.8 Å². The molecule has 0 radical (unpaired) electrons. The molecule has 1 aromatic rings. The second-order valence-electron chi connectivity index (χ2n) is 4.08. The second kappa shape index (κ2) is 6.34. The molecule has 0 saturated carbocycles. The van der Waals surface area contributed by atoms with Gasteiger partial charge in [-0.1, -0.05) is 38.5 Å². The van der Waals surface area contributed by atoms with E-state index in [-0.39, 0.29) is 6.04 Å². The quantitative estimate of drug-likeness (QED) is 0.785. The average molecular weight is 219 g/mol. The Morgan fingerprint density at radius 2 is 2.19 bits per heavy atom. The first-order valence-electron chi connectivity index (χ1n) is 5.97. The summed E-state index contributed by atoms with van der Waals surface area (Å²) in [7, 11) is 1.93. The number of aryl methyl sites for hydroxylation is 2. The summed E-state index contributed by atoms with van der Waals surface area (Å²) in [4.78, 5) is 0. The third-order valence-electron chi connectivity index (χ3n) is 2.38. The van der Waals surface area contributed by atoms with Crippen molar-refractivity contribution in [2.24, 2.45) is 12.8 Å². The predicted octanol–water partition coefficient (Wildman–Crippen LogP) is 1.85. The molecule has 0 aliphatic carbocycles. The monoisotopic (exact) mass is 219 g/mol. The highest BCUT2D eigenvalue weighted by molar-refractivity contribution is 5.37. The first-order chi connectivity index (χ1) is 7.67. The highest BCUT2D eigenvalue weighted by Crippen LogP contribution is 2.07. The molecule has 1 rings (SSSR count). The van der Waals surface area contributed by atoms with E-state index in [2.05, 4.69) is 30.8 Å². The average Bonchev–Trinajstić information content (AvgIpc) is 2.57. The van der Waals surface area contributed by atoms with Crippen molar-refractivity contribution in [1.82, 2.24) is 9.78 Å². The summed E-state index contributed by atoms with van der Waals surface area (Å²) in [5, 5.41) is 4.40. The van der Waals surface area contributed by atoms with E-state index in [1.165, 1.54) is 0 Å². The largest absolute Gasteiger partial charge is 0.318 e. The van der Waals surface area contributed by atoms with Crippen LogP contribution in [-0.2, 0) is 13.5 Å². The molecule has 0 aliphatic rings. The SMILES string of the molecule is CCCc1nn(C)cc1C#CC(N)CCC. The Balaban J connectivity index is 2.78. The summed E-state index contributed by atoms with van der Waals surface area (Å²) in [6.07, 6.45) is 6.07. The van der Waals surface area contributed by atoms with E-state index in [0.717, 1.165) is 36.9 Å². The Morgan fingerprint density at radius 1 is 1.44 bits per heavy atom. The van der Waals surface area contributed by atoms with Crippen LogP contribution in [0.5, 0.6) is 0 Å². The lowest BCUT2D eigenvalue weighted by Crippen LogP contribution is -2.16. The first kappa shape index (κ1) is 12.8. The topological polar surface area (TPSA) is 43.8 Å². The van der Waals surface area contributed by atoms with Gasteiger partial charge in [-0.3, -0.25) is 4.68 Å². The third-order valence-corrected chi connectivity index (χ3v) is 2.38. The van der Waals surface area contributed by atoms with Gasteiger partial charge in [0.2, 0.25) is 0 Å². The molecule has 1 unspecified atom stereocenters. The summed E-state index contributed by atoms with van der Waals surface area (Å²) < 4.78 is 1.82. The van der Waals surface area contributed by atoms with Gasteiger partial charge in [0.25, 0.3) is 0 Å².